The Balaban J connectivity index is 1.73. The quantitative estimate of drug-likeness (QED) is 0.621. The van der Waals surface area contributed by atoms with Gasteiger partial charge in [0.1, 0.15) is 4.21 Å². The van der Waals surface area contributed by atoms with Crippen LogP contribution in [0.4, 0.5) is 5.69 Å². The fraction of sp³-hybridized carbons (Fsp3) is 0.263. The van der Waals surface area contributed by atoms with Gasteiger partial charge in [0.25, 0.3) is 10.0 Å². The SMILES string of the molecule is Cc1c(S(=O)(=O)Nc2ccc3c(c2)C(C)CC3)sc2ccc(Cl)cc12. The Bertz CT molecular complexity index is 1090. The normalized spacial score (nSPS) is 17.0. The second kappa shape index (κ2) is 6.01. The van der Waals surface area contributed by atoms with Gasteiger partial charge in [-0.15, -0.1) is 11.3 Å². The minimum Gasteiger partial charge on any atom is -0.279 e. The zero-order valence-corrected chi connectivity index (χ0v) is 16.4. The molecule has 25 heavy (non-hydrogen) atoms. The largest absolute Gasteiger partial charge is 0.279 e. The standard InChI is InChI=1S/C19H18ClNO2S2/c1-11-3-4-13-5-7-15(10-16(11)13)21-25(22,23)19-12(2)17-9-14(20)6-8-18(17)24-19/h5-11,21H,3-4H2,1-2H3. The van der Waals surface area contributed by atoms with Crippen LogP contribution in [0.3, 0.4) is 0 Å². The predicted octanol–water partition coefficient (Wildman–Crippen LogP) is 5.71. The van der Waals surface area contributed by atoms with Gasteiger partial charge in [-0.3, -0.25) is 4.72 Å². The van der Waals surface area contributed by atoms with Crippen LogP contribution in [-0.4, -0.2) is 8.42 Å². The highest BCUT2D eigenvalue weighted by molar-refractivity contribution is 7.94. The van der Waals surface area contributed by atoms with Crippen molar-refractivity contribution < 1.29 is 8.42 Å². The van der Waals surface area contributed by atoms with Crippen molar-refractivity contribution in [1.29, 1.82) is 0 Å². The van der Waals surface area contributed by atoms with Gasteiger partial charge in [0.2, 0.25) is 0 Å². The zero-order valence-electron chi connectivity index (χ0n) is 14.0. The molecule has 0 radical (unpaired) electrons. The summed E-state index contributed by atoms with van der Waals surface area (Å²) in [6.45, 7) is 4.01. The van der Waals surface area contributed by atoms with Crippen molar-refractivity contribution in [1.82, 2.24) is 0 Å². The smallest absolute Gasteiger partial charge is 0.271 e. The molecule has 6 heteroatoms. The van der Waals surface area contributed by atoms with Crippen molar-refractivity contribution in [2.75, 3.05) is 4.72 Å². The number of hydrogen-bond acceptors (Lipinski definition) is 3. The molecule has 0 aliphatic heterocycles. The third kappa shape index (κ3) is 2.94. The molecular weight excluding hydrogens is 374 g/mol. The molecule has 130 valence electrons. The molecule has 0 saturated heterocycles. The summed E-state index contributed by atoms with van der Waals surface area (Å²) in [4.78, 5) is 0. The zero-order chi connectivity index (χ0) is 17.8. The van der Waals surface area contributed by atoms with Gasteiger partial charge in [-0.25, -0.2) is 8.42 Å². The highest BCUT2D eigenvalue weighted by Crippen LogP contribution is 2.38. The van der Waals surface area contributed by atoms with Crippen molar-refractivity contribution in [3.8, 4) is 0 Å². The number of fused-ring (bicyclic) bond motifs is 2. The number of hydrogen-bond donors (Lipinski definition) is 1. The molecule has 1 N–H and O–H groups in total. The van der Waals surface area contributed by atoms with Gasteiger partial charge in [0.15, 0.2) is 0 Å². The Labute approximate surface area is 156 Å². The van der Waals surface area contributed by atoms with Crippen molar-refractivity contribution in [3.63, 3.8) is 0 Å². The molecule has 3 aromatic rings. The van der Waals surface area contributed by atoms with Crippen molar-refractivity contribution in [2.45, 2.75) is 36.8 Å². The average Bonchev–Trinajstić information content (AvgIpc) is 3.09. The lowest BCUT2D eigenvalue weighted by atomic mass is 10.0. The van der Waals surface area contributed by atoms with Crippen LogP contribution in [0.25, 0.3) is 10.1 Å². The van der Waals surface area contributed by atoms with Crippen LogP contribution in [0.2, 0.25) is 5.02 Å². The van der Waals surface area contributed by atoms with Gasteiger partial charge in [-0.05, 0) is 78.1 Å². The Kier molecular flexibility index (Phi) is 4.06. The van der Waals surface area contributed by atoms with E-state index in [0.29, 0.717) is 20.8 Å². The van der Waals surface area contributed by atoms with Crippen LogP contribution in [0, 0.1) is 6.92 Å². The van der Waals surface area contributed by atoms with Crippen molar-refractivity contribution in [3.05, 3.63) is 58.1 Å². The maximum Gasteiger partial charge on any atom is 0.271 e. The molecule has 1 aliphatic carbocycles. The molecule has 1 atom stereocenters. The van der Waals surface area contributed by atoms with Crippen LogP contribution in [0.15, 0.2) is 40.6 Å². The lowest BCUT2D eigenvalue weighted by molar-refractivity contribution is 0.603. The fourth-order valence-electron chi connectivity index (χ4n) is 3.50. The second-order valence-corrected chi connectivity index (χ2v) is 9.98. The minimum atomic E-state index is -3.63. The first-order chi connectivity index (χ1) is 11.8. The van der Waals surface area contributed by atoms with E-state index in [0.717, 1.165) is 28.5 Å². The Morgan fingerprint density at radius 3 is 2.80 bits per heavy atom. The van der Waals surface area contributed by atoms with Crippen LogP contribution in [0.5, 0.6) is 0 Å². The minimum absolute atomic E-state index is 0.346. The van der Waals surface area contributed by atoms with E-state index in [1.165, 1.54) is 22.5 Å². The van der Waals surface area contributed by atoms with E-state index in [1.807, 2.05) is 37.3 Å². The lowest BCUT2D eigenvalue weighted by Gasteiger charge is -2.11. The Hall–Kier alpha value is -1.56. The molecule has 1 unspecified atom stereocenters. The van der Waals surface area contributed by atoms with Crippen molar-refractivity contribution >= 4 is 48.7 Å². The number of sulfonamides is 1. The second-order valence-electron chi connectivity index (χ2n) is 6.61. The molecule has 2 aromatic carbocycles. The number of benzene rings is 2. The summed E-state index contributed by atoms with van der Waals surface area (Å²) >= 11 is 7.33. The van der Waals surface area contributed by atoms with Crippen LogP contribution in [0.1, 0.15) is 36.0 Å². The third-order valence-electron chi connectivity index (χ3n) is 4.87. The first kappa shape index (κ1) is 16.9. The number of anilines is 1. The van der Waals surface area contributed by atoms with Gasteiger partial charge >= 0.3 is 0 Å². The van der Waals surface area contributed by atoms with Gasteiger partial charge < -0.3 is 0 Å². The van der Waals surface area contributed by atoms with E-state index in [1.54, 1.807) is 6.07 Å². The Morgan fingerprint density at radius 1 is 1.20 bits per heavy atom. The lowest BCUT2D eigenvalue weighted by Crippen LogP contribution is -2.12. The van der Waals surface area contributed by atoms with Gasteiger partial charge in [0.05, 0.1) is 0 Å². The monoisotopic (exact) mass is 391 g/mol. The third-order valence-corrected chi connectivity index (χ3v) is 8.38. The first-order valence-electron chi connectivity index (χ1n) is 8.19. The summed E-state index contributed by atoms with van der Waals surface area (Å²) in [5, 5.41) is 1.50. The summed E-state index contributed by atoms with van der Waals surface area (Å²) in [6, 6.07) is 11.3. The molecule has 0 bridgehead atoms. The van der Waals surface area contributed by atoms with Gasteiger partial charge in [-0.1, -0.05) is 24.6 Å². The molecule has 1 aliphatic rings. The van der Waals surface area contributed by atoms with Crippen LogP contribution >= 0.6 is 22.9 Å². The molecule has 0 saturated carbocycles. The number of thiophene rings is 1. The van der Waals surface area contributed by atoms with E-state index in [-0.39, 0.29) is 0 Å². The van der Waals surface area contributed by atoms with E-state index in [9.17, 15) is 8.42 Å². The van der Waals surface area contributed by atoms with E-state index in [4.69, 9.17) is 11.6 Å². The Morgan fingerprint density at radius 2 is 2.00 bits per heavy atom. The highest BCUT2D eigenvalue weighted by Gasteiger charge is 2.24. The molecule has 1 aromatic heterocycles. The molecule has 0 spiro atoms. The van der Waals surface area contributed by atoms with Crippen LogP contribution in [-0.2, 0) is 16.4 Å². The summed E-state index contributed by atoms with van der Waals surface area (Å²) < 4.78 is 29.9. The summed E-state index contributed by atoms with van der Waals surface area (Å²) in [5.41, 5.74) is 3.94. The highest BCUT2D eigenvalue weighted by atomic mass is 35.5. The maximum atomic E-state index is 12.9. The molecule has 0 amide bonds. The molecule has 1 heterocycles. The van der Waals surface area contributed by atoms with E-state index in [2.05, 4.69) is 11.6 Å². The summed E-state index contributed by atoms with van der Waals surface area (Å²) in [7, 11) is -3.63. The number of nitrogens with one attached hydrogen (secondary N) is 1. The molecule has 4 rings (SSSR count). The molecular formula is C19H18ClNO2S2. The molecule has 3 nitrogen and oxygen atoms in total. The van der Waals surface area contributed by atoms with Crippen LogP contribution < -0.4 is 4.72 Å². The van der Waals surface area contributed by atoms with E-state index < -0.39 is 10.0 Å². The van der Waals surface area contributed by atoms with E-state index >= 15 is 0 Å². The van der Waals surface area contributed by atoms with Gasteiger partial charge in [0, 0.05) is 15.4 Å². The average molecular weight is 392 g/mol. The summed E-state index contributed by atoms with van der Waals surface area (Å²) in [6.07, 6.45) is 2.20. The number of halogens is 1. The number of aryl methyl sites for hydroxylation is 2. The predicted molar refractivity (Wildman–Crippen MR) is 106 cm³/mol. The molecule has 0 fully saturated rings. The first-order valence-corrected chi connectivity index (χ1v) is 10.9. The van der Waals surface area contributed by atoms with Gasteiger partial charge in [-0.2, -0.15) is 0 Å². The topological polar surface area (TPSA) is 46.2 Å². The van der Waals surface area contributed by atoms with Crippen molar-refractivity contribution in [2.24, 2.45) is 0 Å². The number of rotatable bonds is 3. The maximum absolute atomic E-state index is 12.9. The summed E-state index contributed by atoms with van der Waals surface area (Å²) in [5.74, 6) is 0.479. The fourth-order valence-corrected chi connectivity index (χ4v) is 6.47.